The molecule has 35 heavy (non-hydrogen) atoms. The molecular formula is C18H33N3O12P2. The van der Waals surface area contributed by atoms with E-state index in [1.165, 1.54) is 0 Å². The fourth-order valence-corrected chi connectivity index (χ4v) is 4.63. The van der Waals surface area contributed by atoms with E-state index >= 15 is 0 Å². The van der Waals surface area contributed by atoms with Crippen molar-refractivity contribution in [1.82, 2.24) is 0 Å². The van der Waals surface area contributed by atoms with Gasteiger partial charge in [-0.25, -0.2) is 4.57 Å². The quantitative estimate of drug-likeness (QED) is 0.0740. The van der Waals surface area contributed by atoms with E-state index in [1.807, 2.05) is 13.8 Å². The van der Waals surface area contributed by atoms with Crippen molar-refractivity contribution < 1.29 is 55.9 Å². The van der Waals surface area contributed by atoms with E-state index in [4.69, 9.17) is 37.8 Å². The highest BCUT2D eigenvalue weighted by atomic mass is 31.2. The molecule has 1 saturated heterocycles. The third kappa shape index (κ3) is 11.4. The van der Waals surface area contributed by atoms with Gasteiger partial charge in [0.2, 0.25) is 0 Å². The minimum absolute atomic E-state index is 0.0893. The summed E-state index contributed by atoms with van der Waals surface area (Å²) in [5, 5.41) is 3.44. The second-order valence-corrected chi connectivity index (χ2v) is 9.82. The van der Waals surface area contributed by atoms with E-state index in [1.54, 1.807) is 0 Å². The van der Waals surface area contributed by atoms with Crippen molar-refractivity contribution in [2.45, 2.75) is 84.0 Å². The standard InChI is InChI=1S/C18H33N3O12P2/c1-5-7-9-27-35(26,28-10-8-6-2)29-11-14-16(30-12(3)22)17(31-13(4)23)15(20-21-19)18(32-14)33-34(24)25/h14-18,34H,5-11H2,1-4H3,(H,24,25)/t14?,15?,16-,17-,18-/m1/s1. The fraction of sp³-hybridized carbons (Fsp3) is 0.889. The Bertz CT molecular complexity index is 796. The van der Waals surface area contributed by atoms with E-state index in [0.29, 0.717) is 12.8 Å². The largest absolute Gasteiger partial charge is 0.474 e. The molecule has 1 aliphatic rings. The van der Waals surface area contributed by atoms with Crippen LogP contribution in [0, 0.1) is 0 Å². The zero-order valence-electron chi connectivity index (χ0n) is 20.1. The summed E-state index contributed by atoms with van der Waals surface area (Å²) >= 11 is 0. The predicted molar refractivity (Wildman–Crippen MR) is 120 cm³/mol. The van der Waals surface area contributed by atoms with Gasteiger partial charge in [-0.3, -0.25) is 32.2 Å². The van der Waals surface area contributed by atoms with E-state index in [0.717, 1.165) is 26.7 Å². The summed E-state index contributed by atoms with van der Waals surface area (Å²) in [5.41, 5.74) is 8.94. The van der Waals surface area contributed by atoms with Gasteiger partial charge in [-0.2, -0.15) is 0 Å². The SMILES string of the molecule is CCCCOP(=O)(OCCCC)OCC1O[C@H](O[PH](=O)O)C(N=[N+]=[N-])[C@@H](OC(C)=O)[C@@H]1OC(C)=O. The lowest BCUT2D eigenvalue weighted by molar-refractivity contribution is -0.250. The van der Waals surface area contributed by atoms with Crippen molar-refractivity contribution in [2.24, 2.45) is 5.11 Å². The monoisotopic (exact) mass is 545 g/mol. The van der Waals surface area contributed by atoms with E-state index in [9.17, 15) is 23.6 Å². The first-order valence-corrected chi connectivity index (χ1v) is 13.8. The van der Waals surface area contributed by atoms with Gasteiger partial charge >= 0.3 is 28.0 Å². The molecule has 1 heterocycles. The molecule has 0 radical (unpaired) electrons. The number of unbranched alkanes of at least 4 members (excludes halogenated alkanes) is 2. The minimum Gasteiger partial charge on any atom is -0.458 e. The number of hydrogen-bond acceptors (Lipinski definition) is 12. The van der Waals surface area contributed by atoms with Crippen LogP contribution in [0.5, 0.6) is 0 Å². The topological polar surface area (TPSA) is 202 Å². The van der Waals surface area contributed by atoms with E-state index < -0.39 is 65.3 Å². The second-order valence-electron chi connectivity index (χ2n) is 7.39. The molecule has 0 aliphatic carbocycles. The van der Waals surface area contributed by atoms with Crippen LogP contribution in [0.15, 0.2) is 5.11 Å². The molecule has 6 atom stereocenters. The van der Waals surface area contributed by atoms with Crippen molar-refractivity contribution in [2.75, 3.05) is 19.8 Å². The average Bonchev–Trinajstić information content (AvgIpc) is 2.76. The highest BCUT2D eigenvalue weighted by Gasteiger charge is 2.51. The van der Waals surface area contributed by atoms with Crippen LogP contribution >= 0.6 is 16.1 Å². The molecule has 0 aromatic heterocycles. The lowest BCUT2D eigenvalue weighted by Gasteiger charge is -2.43. The molecule has 3 unspecified atom stereocenters. The van der Waals surface area contributed by atoms with Gasteiger partial charge in [0.15, 0.2) is 18.5 Å². The summed E-state index contributed by atoms with van der Waals surface area (Å²) in [4.78, 5) is 35.4. The van der Waals surface area contributed by atoms with Gasteiger partial charge in [-0.05, 0) is 18.4 Å². The number of phosphoric ester groups is 1. The first-order chi connectivity index (χ1) is 16.6. The number of azide groups is 1. The maximum absolute atomic E-state index is 13.1. The Labute approximate surface area is 203 Å². The number of nitrogens with zero attached hydrogens (tertiary/aromatic N) is 3. The maximum Gasteiger partial charge on any atom is 0.474 e. The van der Waals surface area contributed by atoms with Gasteiger partial charge in [-0.1, -0.05) is 31.8 Å². The predicted octanol–water partition coefficient (Wildman–Crippen LogP) is 3.41. The van der Waals surface area contributed by atoms with Crippen LogP contribution in [0.1, 0.15) is 53.4 Å². The highest BCUT2D eigenvalue weighted by molar-refractivity contribution is 7.48. The van der Waals surface area contributed by atoms with Crippen LogP contribution in [0.3, 0.4) is 0 Å². The molecule has 202 valence electrons. The molecule has 0 bridgehead atoms. The summed E-state index contributed by atoms with van der Waals surface area (Å²) in [5.74, 6) is -1.64. The normalized spacial score (nSPS) is 25.3. The number of rotatable bonds is 16. The van der Waals surface area contributed by atoms with E-state index in [2.05, 4.69) is 10.0 Å². The van der Waals surface area contributed by atoms with Crippen LogP contribution in [0.4, 0.5) is 0 Å². The van der Waals surface area contributed by atoms with Gasteiger partial charge in [0, 0.05) is 18.8 Å². The highest BCUT2D eigenvalue weighted by Crippen LogP contribution is 2.50. The van der Waals surface area contributed by atoms with Crippen molar-refractivity contribution in [3.63, 3.8) is 0 Å². The second kappa shape index (κ2) is 16.3. The molecule has 1 rings (SSSR count). The Morgan fingerprint density at radius 2 is 1.60 bits per heavy atom. The molecule has 1 N–H and O–H groups in total. The minimum atomic E-state index is -4.08. The Morgan fingerprint density at radius 3 is 2.06 bits per heavy atom. The maximum atomic E-state index is 13.1. The zero-order valence-corrected chi connectivity index (χ0v) is 22.0. The molecule has 0 aromatic rings. The van der Waals surface area contributed by atoms with Crippen molar-refractivity contribution in [1.29, 1.82) is 0 Å². The smallest absolute Gasteiger partial charge is 0.458 e. The van der Waals surface area contributed by atoms with Crippen LogP contribution in [-0.4, -0.2) is 67.3 Å². The van der Waals surface area contributed by atoms with Crippen molar-refractivity contribution in [3.8, 4) is 0 Å². The van der Waals surface area contributed by atoms with Crippen molar-refractivity contribution in [3.05, 3.63) is 10.4 Å². The van der Waals surface area contributed by atoms with Crippen LogP contribution in [0.2, 0.25) is 0 Å². The number of ether oxygens (including phenoxy) is 3. The zero-order chi connectivity index (χ0) is 26.4. The molecule has 0 aromatic carbocycles. The van der Waals surface area contributed by atoms with Gasteiger partial charge in [0.1, 0.15) is 12.1 Å². The number of carbonyl (C=O) groups excluding carboxylic acids is 2. The first kappa shape index (κ1) is 31.5. The van der Waals surface area contributed by atoms with Crippen molar-refractivity contribution >= 4 is 28.0 Å². The number of phosphoric acid groups is 1. The van der Waals surface area contributed by atoms with Crippen LogP contribution in [-0.2, 0) is 51.0 Å². The Kier molecular flexibility index (Phi) is 14.6. The summed E-state index contributed by atoms with van der Waals surface area (Å²) in [6.45, 7) is 5.55. The Balaban J connectivity index is 3.26. The lowest BCUT2D eigenvalue weighted by Crippen LogP contribution is -2.60. The molecule has 0 saturated carbocycles. The number of hydrogen-bond donors (Lipinski definition) is 1. The van der Waals surface area contributed by atoms with Gasteiger partial charge < -0.3 is 19.1 Å². The van der Waals surface area contributed by atoms with Crippen LogP contribution < -0.4 is 0 Å². The summed E-state index contributed by atoms with van der Waals surface area (Å²) in [6.07, 6.45) is -3.24. The Hall–Kier alpha value is -1.53. The molecular weight excluding hydrogens is 512 g/mol. The van der Waals surface area contributed by atoms with E-state index in [-0.39, 0.29) is 13.2 Å². The lowest BCUT2D eigenvalue weighted by atomic mass is 9.97. The van der Waals surface area contributed by atoms with Crippen LogP contribution in [0.25, 0.3) is 10.4 Å². The van der Waals surface area contributed by atoms with Gasteiger partial charge in [0.25, 0.3) is 0 Å². The number of esters is 2. The van der Waals surface area contributed by atoms with Gasteiger partial charge in [-0.15, -0.1) is 0 Å². The summed E-state index contributed by atoms with van der Waals surface area (Å²) in [6, 6.07) is -1.50. The molecule has 1 aliphatic heterocycles. The summed E-state index contributed by atoms with van der Waals surface area (Å²) < 4.78 is 61.5. The molecule has 1 fully saturated rings. The summed E-state index contributed by atoms with van der Waals surface area (Å²) in [7, 11) is -7.71. The number of carbonyl (C=O) groups is 2. The third-order valence-electron chi connectivity index (χ3n) is 4.51. The Morgan fingerprint density at radius 1 is 1.06 bits per heavy atom. The first-order valence-electron chi connectivity index (χ1n) is 11.0. The fourth-order valence-electron chi connectivity index (χ4n) is 2.98. The third-order valence-corrected chi connectivity index (χ3v) is 6.41. The molecule has 17 heteroatoms. The van der Waals surface area contributed by atoms with Gasteiger partial charge in [0.05, 0.1) is 19.8 Å². The molecule has 0 amide bonds. The molecule has 15 nitrogen and oxygen atoms in total. The average molecular weight is 545 g/mol. The molecule has 0 spiro atoms.